The fraction of sp³-hybridized carbons (Fsp3) is 0.286. The summed E-state index contributed by atoms with van der Waals surface area (Å²) in [5.41, 5.74) is 6.44. The number of sulfone groups is 1. The number of allylic oxidation sites excluding steroid dienone is 1. The quantitative estimate of drug-likeness (QED) is 0.568. The van der Waals surface area contributed by atoms with Crippen LogP contribution in [0, 0.1) is 6.92 Å². The maximum absolute atomic E-state index is 12.1. The lowest BCUT2D eigenvalue weighted by atomic mass is 10.2. The Bertz CT molecular complexity index is 645. The number of hydrogen-bond acceptors (Lipinski definition) is 5. The van der Waals surface area contributed by atoms with Crippen molar-refractivity contribution in [3.05, 3.63) is 47.2 Å². The molecule has 0 heterocycles. The van der Waals surface area contributed by atoms with Crippen LogP contribution in [0.1, 0.15) is 12.5 Å². The number of aryl methyl sites for hydroxylation is 1. The van der Waals surface area contributed by atoms with Crippen molar-refractivity contribution >= 4 is 9.84 Å². The highest BCUT2D eigenvalue weighted by Gasteiger charge is 2.13. The van der Waals surface area contributed by atoms with Crippen LogP contribution < -0.4 is 5.73 Å². The number of hydrogen-bond donors (Lipinski definition) is 3. The van der Waals surface area contributed by atoms with Crippen LogP contribution in [0.25, 0.3) is 0 Å². The Hall–Kier alpha value is -1.79. The van der Waals surface area contributed by atoms with Gasteiger partial charge in [-0.2, -0.15) is 0 Å². The molecule has 0 fully saturated rings. The van der Waals surface area contributed by atoms with E-state index in [0.717, 1.165) is 0 Å². The van der Waals surface area contributed by atoms with Crippen LogP contribution >= 0.6 is 0 Å². The van der Waals surface area contributed by atoms with Gasteiger partial charge in [0.15, 0.2) is 9.84 Å². The Labute approximate surface area is 119 Å². The molecule has 0 aliphatic rings. The van der Waals surface area contributed by atoms with Gasteiger partial charge in [-0.25, -0.2) is 8.42 Å². The molecule has 20 heavy (non-hydrogen) atoms. The van der Waals surface area contributed by atoms with E-state index < -0.39 is 9.84 Å². The monoisotopic (exact) mass is 297 g/mol. The summed E-state index contributed by atoms with van der Waals surface area (Å²) < 4.78 is 24.1. The van der Waals surface area contributed by atoms with E-state index in [4.69, 9.17) is 5.73 Å². The first-order valence-electron chi connectivity index (χ1n) is 6.05. The minimum absolute atomic E-state index is 0.0235. The Balaban J connectivity index is 2.91. The van der Waals surface area contributed by atoms with Gasteiger partial charge in [0.25, 0.3) is 0 Å². The van der Waals surface area contributed by atoms with E-state index in [1.165, 1.54) is 30.4 Å². The molecule has 0 radical (unpaired) electrons. The maximum Gasteiger partial charge on any atom is 0.181 e. The summed E-state index contributed by atoms with van der Waals surface area (Å²) in [5.74, 6) is -0.206. The number of phenols is 1. The van der Waals surface area contributed by atoms with Gasteiger partial charge < -0.3 is 15.9 Å². The summed E-state index contributed by atoms with van der Waals surface area (Å²) >= 11 is 0. The molecule has 1 aromatic rings. The van der Waals surface area contributed by atoms with Crippen molar-refractivity contribution in [2.45, 2.75) is 18.7 Å². The van der Waals surface area contributed by atoms with E-state index >= 15 is 0 Å². The number of phenolic OH excluding ortho intramolecular Hbond substituents is 1. The number of aliphatic hydroxyl groups excluding tert-OH is 1. The molecule has 4 N–H and O–H groups in total. The lowest BCUT2D eigenvalue weighted by Crippen LogP contribution is -2.05. The van der Waals surface area contributed by atoms with Gasteiger partial charge in [-0.3, -0.25) is 0 Å². The van der Waals surface area contributed by atoms with E-state index in [9.17, 15) is 18.6 Å². The molecular weight excluding hydrogens is 278 g/mol. The van der Waals surface area contributed by atoms with E-state index in [1.807, 2.05) is 0 Å². The van der Waals surface area contributed by atoms with Crippen molar-refractivity contribution in [2.24, 2.45) is 5.73 Å². The standard InChI is InChI=1S/C14H19NO4S/c1-10-8-12(5-6-14(10)17)20(18,19)7-3-4-13(16)11(2)9-15/h3-6,8,16-17H,7,9,15H2,1-2H3/b4-3-,13-11-. The van der Waals surface area contributed by atoms with Gasteiger partial charge in [-0.15, -0.1) is 0 Å². The molecule has 0 atom stereocenters. The van der Waals surface area contributed by atoms with Gasteiger partial charge in [0, 0.05) is 6.54 Å². The summed E-state index contributed by atoms with van der Waals surface area (Å²) in [4.78, 5) is 0.136. The van der Waals surface area contributed by atoms with Crippen molar-refractivity contribution < 1.29 is 18.6 Å². The fourth-order valence-electron chi connectivity index (χ4n) is 1.45. The average molecular weight is 297 g/mol. The fourth-order valence-corrected chi connectivity index (χ4v) is 2.62. The third-order valence-electron chi connectivity index (χ3n) is 2.86. The van der Waals surface area contributed by atoms with Crippen LogP contribution in [-0.4, -0.2) is 30.9 Å². The summed E-state index contributed by atoms with van der Waals surface area (Å²) in [6.45, 7) is 3.50. The molecule has 0 bridgehead atoms. The zero-order valence-electron chi connectivity index (χ0n) is 11.5. The molecule has 6 heteroatoms. The molecule has 0 spiro atoms. The van der Waals surface area contributed by atoms with Crippen molar-refractivity contribution in [2.75, 3.05) is 12.3 Å². The summed E-state index contributed by atoms with van der Waals surface area (Å²) in [6, 6.07) is 4.12. The number of rotatable bonds is 5. The SMILES string of the molecule is C/C(CN)=C(O)\C=C/CS(=O)(=O)c1ccc(O)c(C)c1. The third-order valence-corrected chi connectivity index (χ3v) is 4.47. The highest BCUT2D eigenvalue weighted by molar-refractivity contribution is 7.91. The highest BCUT2D eigenvalue weighted by atomic mass is 32.2. The molecular formula is C14H19NO4S. The zero-order valence-corrected chi connectivity index (χ0v) is 12.3. The second-order valence-electron chi connectivity index (χ2n) is 4.50. The molecule has 0 aliphatic heterocycles. The Morgan fingerprint density at radius 1 is 1.40 bits per heavy atom. The molecule has 0 saturated heterocycles. The van der Waals surface area contributed by atoms with Gasteiger partial charge >= 0.3 is 0 Å². The van der Waals surface area contributed by atoms with Crippen molar-refractivity contribution in [1.82, 2.24) is 0 Å². The van der Waals surface area contributed by atoms with Crippen molar-refractivity contribution in [3.63, 3.8) is 0 Å². The smallest absolute Gasteiger partial charge is 0.181 e. The van der Waals surface area contributed by atoms with Crippen LogP contribution in [0.4, 0.5) is 0 Å². The lowest BCUT2D eigenvalue weighted by molar-refractivity contribution is 0.424. The van der Waals surface area contributed by atoms with Gasteiger partial charge in [0.05, 0.1) is 10.6 Å². The van der Waals surface area contributed by atoms with E-state index in [-0.39, 0.29) is 28.7 Å². The molecule has 0 aliphatic carbocycles. The van der Waals surface area contributed by atoms with Gasteiger partial charge in [0.1, 0.15) is 11.5 Å². The van der Waals surface area contributed by atoms with E-state index in [1.54, 1.807) is 13.8 Å². The molecule has 1 rings (SSSR count). The Morgan fingerprint density at radius 2 is 2.05 bits per heavy atom. The van der Waals surface area contributed by atoms with Crippen molar-refractivity contribution in [1.29, 1.82) is 0 Å². The molecule has 0 aromatic heterocycles. The molecule has 1 aromatic carbocycles. The highest BCUT2D eigenvalue weighted by Crippen LogP contribution is 2.21. The molecule has 0 amide bonds. The van der Waals surface area contributed by atoms with Gasteiger partial charge in [-0.1, -0.05) is 6.08 Å². The number of nitrogens with two attached hydrogens (primary N) is 1. The first-order valence-corrected chi connectivity index (χ1v) is 7.71. The Kier molecular flexibility index (Phi) is 5.35. The molecule has 0 unspecified atom stereocenters. The topological polar surface area (TPSA) is 101 Å². The van der Waals surface area contributed by atoms with E-state index in [2.05, 4.69) is 0 Å². The van der Waals surface area contributed by atoms with Crippen LogP contribution in [0.2, 0.25) is 0 Å². The largest absolute Gasteiger partial charge is 0.508 e. The lowest BCUT2D eigenvalue weighted by Gasteiger charge is -2.04. The summed E-state index contributed by atoms with van der Waals surface area (Å²) in [6.07, 6.45) is 2.69. The van der Waals surface area contributed by atoms with E-state index in [0.29, 0.717) is 11.1 Å². The molecule has 5 nitrogen and oxygen atoms in total. The van der Waals surface area contributed by atoms with Gasteiger partial charge in [0.2, 0.25) is 0 Å². The minimum Gasteiger partial charge on any atom is -0.508 e. The van der Waals surface area contributed by atoms with Crippen molar-refractivity contribution in [3.8, 4) is 5.75 Å². The summed E-state index contributed by atoms with van der Waals surface area (Å²) in [5, 5.41) is 18.9. The maximum atomic E-state index is 12.1. The average Bonchev–Trinajstić information content (AvgIpc) is 2.40. The predicted molar refractivity (Wildman–Crippen MR) is 78.4 cm³/mol. The second kappa shape index (κ2) is 6.58. The number of aromatic hydroxyl groups is 1. The third kappa shape index (κ3) is 4.11. The van der Waals surface area contributed by atoms with Crippen LogP contribution in [0.3, 0.4) is 0 Å². The first-order chi connectivity index (χ1) is 9.27. The van der Waals surface area contributed by atoms with Gasteiger partial charge in [-0.05, 0) is 49.3 Å². The Morgan fingerprint density at radius 3 is 2.60 bits per heavy atom. The second-order valence-corrected chi connectivity index (χ2v) is 6.54. The molecule has 110 valence electrons. The normalized spacial score (nSPS) is 13.6. The summed E-state index contributed by atoms with van der Waals surface area (Å²) in [7, 11) is -3.49. The first kappa shape index (κ1) is 16.3. The number of aliphatic hydroxyl groups is 1. The van der Waals surface area contributed by atoms with Crippen LogP contribution in [0.5, 0.6) is 5.75 Å². The molecule has 0 saturated carbocycles. The predicted octanol–water partition coefficient (Wildman–Crippen LogP) is 1.82. The van der Waals surface area contributed by atoms with Crippen LogP contribution in [0.15, 0.2) is 46.6 Å². The van der Waals surface area contributed by atoms with Crippen LogP contribution in [-0.2, 0) is 9.84 Å². The number of benzene rings is 1. The minimum atomic E-state index is -3.49. The zero-order chi connectivity index (χ0) is 15.3.